The van der Waals surface area contributed by atoms with Gasteiger partial charge < -0.3 is 0 Å². The molecule has 0 amide bonds. The van der Waals surface area contributed by atoms with Gasteiger partial charge in [-0.1, -0.05) is 48.0 Å². The SMILES string of the molecule is Cc1ccc(S(=O)(=O)S(=O)(=O)Nc2ccc3ccccc3c2)cc1. The second-order valence-corrected chi connectivity index (χ2v) is 10.5. The second kappa shape index (κ2) is 5.92. The summed E-state index contributed by atoms with van der Waals surface area (Å²) in [6, 6.07) is 17.9. The highest BCUT2D eigenvalue weighted by molar-refractivity contribution is 8.67. The van der Waals surface area contributed by atoms with Crippen molar-refractivity contribution in [2.75, 3.05) is 4.72 Å². The number of hydrogen-bond acceptors (Lipinski definition) is 4. The lowest BCUT2D eigenvalue weighted by molar-refractivity contribution is 0.585. The lowest BCUT2D eigenvalue weighted by Gasteiger charge is -2.10. The van der Waals surface area contributed by atoms with Crippen LogP contribution in [0.25, 0.3) is 10.8 Å². The first-order chi connectivity index (χ1) is 11.3. The Morgan fingerprint density at radius 2 is 1.38 bits per heavy atom. The minimum Gasteiger partial charge on any atom is -0.271 e. The van der Waals surface area contributed by atoms with Gasteiger partial charge in [-0.25, -0.2) is 8.42 Å². The molecule has 0 aromatic heterocycles. The van der Waals surface area contributed by atoms with E-state index in [4.69, 9.17) is 0 Å². The van der Waals surface area contributed by atoms with Gasteiger partial charge in [-0.15, -0.1) is 0 Å². The highest BCUT2D eigenvalue weighted by Crippen LogP contribution is 2.23. The Kier molecular flexibility index (Phi) is 4.06. The van der Waals surface area contributed by atoms with Crippen LogP contribution < -0.4 is 4.72 Å². The fraction of sp³-hybridized carbons (Fsp3) is 0.0588. The fourth-order valence-corrected chi connectivity index (χ4v) is 5.24. The number of nitrogens with one attached hydrogen (secondary N) is 1. The molecule has 0 aliphatic heterocycles. The lowest BCUT2D eigenvalue weighted by Crippen LogP contribution is -2.23. The van der Waals surface area contributed by atoms with Crippen molar-refractivity contribution in [3.63, 3.8) is 0 Å². The standard InChI is InChI=1S/C17H15NO4S2/c1-13-6-10-17(11-7-13)23(19,20)24(21,22)18-16-9-8-14-4-2-3-5-15(14)12-16/h2-12,18H,1H3. The smallest absolute Gasteiger partial charge is 0.271 e. The Labute approximate surface area is 140 Å². The average Bonchev–Trinajstić information content (AvgIpc) is 2.54. The van der Waals surface area contributed by atoms with Crippen molar-refractivity contribution in [2.24, 2.45) is 0 Å². The minimum absolute atomic E-state index is 0.199. The molecule has 0 atom stereocenters. The summed E-state index contributed by atoms with van der Waals surface area (Å²) in [7, 11) is -9.17. The van der Waals surface area contributed by atoms with Crippen LogP contribution in [0.15, 0.2) is 71.6 Å². The predicted molar refractivity (Wildman–Crippen MR) is 94.9 cm³/mol. The molecule has 3 rings (SSSR count). The number of rotatable bonds is 4. The van der Waals surface area contributed by atoms with Gasteiger partial charge in [0.1, 0.15) is 0 Å². The van der Waals surface area contributed by atoms with Gasteiger partial charge in [-0.3, -0.25) is 4.72 Å². The zero-order valence-electron chi connectivity index (χ0n) is 12.8. The summed E-state index contributed by atoms with van der Waals surface area (Å²) < 4.78 is 51.6. The quantitative estimate of drug-likeness (QED) is 0.723. The first kappa shape index (κ1) is 16.5. The van der Waals surface area contributed by atoms with Crippen molar-refractivity contribution < 1.29 is 16.8 Å². The Morgan fingerprint density at radius 3 is 2.04 bits per heavy atom. The zero-order chi connectivity index (χ0) is 17.4. The normalized spacial score (nSPS) is 12.2. The van der Waals surface area contributed by atoms with Crippen LogP contribution in [0.1, 0.15) is 5.56 Å². The monoisotopic (exact) mass is 361 g/mol. The fourth-order valence-electron chi connectivity index (χ4n) is 2.28. The van der Waals surface area contributed by atoms with Gasteiger partial charge in [-0.2, -0.15) is 8.42 Å². The van der Waals surface area contributed by atoms with Crippen LogP contribution in [0, 0.1) is 6.92 Å². The molecular weight excluding hydrogens is 346 g/mol. The highest BCUT2D eigenvalue weighted by atomic mass is 33.2. The van der Waals surface area contributed by atoms with Crippen LogP contribution in [0.3, 0.4) is 0 Å². The molecule has 3 aromatic carbocycles. The van der Waals surface area contributed by atoms with Crippen molar-refractivity contribution in [2.45, 2.75) is 11.8 Å². The molecule has 0 spiro atoms. The van der Waals surface area contributed by atoms with E-state index in [1.807, 2.05) is 24.3 Å². The summed E-state index contributed by atoms with van der Waals surface area (Å²) in [5.41, 5.74) is 1.04. The summed E-state index contributed by atoms with van der Waals surface area (Å²) >= 11 is 0. The van der Waals surface area contributed by atoms with Crippen LogP contribution in [-0.4, -0.2) is 16.8 Å². The molecule has 0 heterocycles. The van der Waals surface area contributed by atoms with E-state index in [1.54, 1.807) is 31.2 Å². The Bertz CT molecular complexity index is 1100. The third-order valence-electron chi connectivity index (χ3n) is 3.59. The van der Waals surface area contributed by atoms with Gasteiger partial charge >= 0.3 is 9.06 Å². The molecule has 1 N–H and O–H groups in total. The summed E-state index contributed by atoms with van der Waals surface area (Å²) in [6.45, 7) is 1.79. The summed E-state index contributed by atoms with van der Waals surface area (Å²) in [5, 5.41) is 1.74. The number of anilines is 1. The average molecular weight is 361 g/mol. The molecule has 124 valence electrons. The van der Waals surface area contributed by atoms with Crippen molar-refractivity contribution in [1.82, 2.24) is 0 Å². The molecule has 0 radical (unpaired) electrons. The van der Waals surface area contributed by atoms with Crippen molar-refractivity contribution >= 4 is 34.4 Å². The van der Waals surface area contributed by atoms with Gasteiger partial charge in [0.05, 0.1) is 10.6 Å². The van der Waals surface area contributed by atoms with Crippen LogP contribution in [-0.2, 0) is 17.9 Å². The number of aryl methyl sites for hydroxylation is 1. The largest absolute Gasteiger partial charge is 0.343 e. The molecule has 3 aromatic rings. The van der Waals surface area contributed by atoms with Crippen LogP contribution >= 0.6 is 0 Å². The molecule has 0 aliphatic rings. The molecule has 0 fully saturated rings. The first-order valence-corrected chi connectivity index (χ1v) is 10.6. The first-order valence-electron chi connectivity index (χ1n) is 7.13. The Hall–Kier alpha value is -2.38. The molecule has 0 bridgehead atoms. The van der Waals surface area contributed by atoms with Gasteiger partial charge in [0.2, 0.25) is 0 Å². The minimum atomic E-state index is -4.63. The van der Waals surface area contributed by atoms with E-state index < -0.39 is 17.9 Å². The third kappa shape index (κ3) is 3.00. The van der Waals surface area contributed by atoms with E-state index in [1.165, 1.54) is 18.2 Å². The molecule has 5 nitrogen and oxygen atoms in total. The molecular formula is C17H15NO4S2. The van der Waals surface area contributed by atoms with Gasteiger partial charge in [0.15, 0.2) is 0 Å². The van der Waals surface area contributed by atoms with Crippen LogP contribution in [0.5, 0.6) is 0 Å². The second-order valence-electron chi connectivity index (χ2n) is 5.39. The maximum Gasteiger partial charge on any atom is 0.343 e. The molecule has 0 unspecified atom stereocenters. The topological polar surface area (TPSA) is 80.3 Å². The van der Waals surface area contributed by atoms with E-state index >= 15 is 0 Å². The van der Waals surface area contributed by atoms with E-state index in [-0.39, 0.29) is 10.6 Å². The third-order valence-corrected chi connectivity index (χ3v) is 8.06. The van der Waals surface area contributed by atoms with E-state index in [0.29, 0.717) is 0 Å². The Balaban J connectivity index is 1.98. The summed E-state index contributed by atoms with van der Waals surface area (Å²) in [5.74, 6) is 0. The van der Waals surface area contributed by atoms with Crippen LogP contribution in [0.4, 0.5) is 5.69 Å². The molecule has 7 heteroatoms. The Morgan fingerprint density at radius 1 is 0.750 bits per heavy atom. The molecule has 0 saturated carbocycles. The highest BCUT2D eigenvalue weighted by Gasteiger charge is 2.31. The molecule has 0 aliphatic carbocycles. The van der Waals surface area contributed by atoms with Gasteiger partial charge in [0, 0.05) is 0 Å². The van der Waals surface area contributed by atoms with E-state index in [0.717, 1.165) is 16.3 Å². The van der Waals surface area contributed by atoms with Gasteiger partial charge in [-0.05, 0) is 42.0 Å². The van der Waals surface area contributed by atoms with E-state index in [2.05, 4.69) is 4.72 Å². The van der Waals surface area contributed by atoms with Crippen LogP contribution in [0.2, 0.25) is 0 Å². The van der Waals surface area contributed by atoms with E-state index in [9.17, 15) is 16.8 Å². The maximum atomic E-state index is 12.4. The number of benzene rings is 3. The number of fused-ring (bicyclic) bond motifs is 1. The van der Waals surface area contributed by atoms with Crippen molar-refractivity contribution in [1.29, 1.82) is 0 Å². The molecule has 0 saturated heterocycles. The van der Waals surface area contributed by atoms with Gasteiger partial charge in [0.25, 0.3) is 8.87 Å². The molecule has 24 heavy (non-hydrogen) atoms. The summed E-state index contributed by atoms with van der Waals surface area (Å²) in [6.07, 6.45) is 0. The zero-order valence-corrected chi connectivity index (χ0v) is 14.4. The van der Waals surface area contributed by atoms with Crippen molar-refractivity contribution in [3.8, 4) is 0 Å². The maximum absolute atomic E-state index is 12.4. The lowest BCUT2D eigenvalue weighted by atomic mass is 10.1. The summed E-state index contributed by atoms with van der Waals surface area (Å²) in [4.78, 5) is -0.263. The van der Waals surface area contributed by atoms with Crippen molar-refractivity contribution in [3.05, 3.63) is 72.3 Å². The predicted octanol–water partition coefficient (Wildman–Crippen LogP) is 3.28. The number of hydrogen-bond donors (Lipinski definition) is 1.